The number of hydrogen-bond acceptors (Lipinski definition) is 6. The first-order valence-electron chi connectivity index (χ1n) is 10.7. The van der Waals surface area contributed by atoms with Crippen molar-refractivity contribution in [2.24, 2.45) is 0 Å². The average molecular weight is 434 g/mol. The molecule has 4 amide bonds. The maximum atomic E-state index is 12.9. The van der Waals surface area contributed by atoms with Crippen LogP contribution in [0, 0.1) is 0 Å². The van der Waals surface area contributed by atoms with E-state index in [1.807, 2.05) is 0 Å². The number of carbonyl (C=O) groups excluding carboxylic acids is 4. The highest BCUT2D eigenvalue weighted by atomic mass is 16.5. The molecule has 2 fully saturated rings. The number of hydrogen-bond donors (Lipinski definition) is 2. The Morgan fingerprint density at radius 1 is 1.16 bits per heavy atom. The molecule has 9 heteroatoms. The molecule has 3 heterocycles. The zero-order chi connectivity index (χ0) is 22.2. The quantitative estimate of drug-likeness (QED) is 0.696. The summed E-state index contributed by atoms with van der Waals surface area (Å²) in [6, 6.07) is 7.81. The lowest BCUT2D eigenvalue weighted by molar-refractivity contribution is -0.136. The highest BCUT2D eigenvalue weighted by Gasteiger charge is 2.39. The number of fused-ring (bicyclic) bond motifs is 1. The lowest BCUT2D eigenvalue weighted by Crippen LogP contribution is -2.52. The van der Waals surface area contributed by atoms with Crippen molar-refractivity contribution in [2.45, 2.75) is 50.8 Å². The fourth-order valence-corrected chi connectivity index (χ4v) is 4.17. The van der Waals surface area contributed by atoms with Gasteiger partial charge in [-0.1, -0.05) is 0 Å². The van der Waals surface area contributed by atoms with Gasteiger partial charge in [0.05, 0.1) is 6.10 Å². The maximum absolute atomic E-state index is 12.9. The van der Waals surface area contributed by atoms with Crippen LogP contribution in [0.3, 0.4) is 0 Å². The van der Waals surface area contributed by atoms with Crippen LogP contribution in [0.5, 0.6) is 5.75 Å². The third-order valence-corrected chi connectivity index (χ3v) is 6.11. The fourth-order valence-electron chi connectivity index (χ4n) is 4.17. The van der Waals surface area contributed by atoms with Gasteiger partial charge in [-0.05, 0) is 61.6 Å². The molecular formula is C23H22N4O5. The molecule has 32 heavy (non-hydrogen) atoms. The van der Waals surface area contributed by atoms with E-state index in [2.05, 4.69) is 15.6 Å². The van der Waals surface area contributed by atoms with Gasteiger partial charge in [0.25, 0.3) is 11.8 Å². The number of anilines is 1. The molecule has 3 aliphatic rings. The Morgan fingerprint density at radius 2 is 2.00 bits per heavy atom. The Balaban J connectivity index is 1.31. The van der Waals surface area contributed by atoms with E-state index in [9.17, 15) is 19.2 Å². The molecule has 2 aliphatic heterocycles. The monoisotopic (exact) mass is 434 g/mol. The van der Waals surface area contributed by atoms with Crippen molar-refractivity contribution in [1.82, 2.24) is 15.2 Å². The van der Waals surface area contributed by atoms with Gasteiger partial charge in [-0.25, -0.2) is 4.98 Å². The molecule has 0 bridgehead atoms. The number of nitrogens with one attached hydrogen (secondary N) is 2. The molecule has 1 saturated carbocycles. The highest BCUT2D eigenvalue weighted by molar-refractivity contribution is 6.07. The highest BCUT2D eigenvalue weighted by Crippen LogP contribution is 2.30. The van der Waals surface area contributed by atoms with Crippen LogP contribution in [-0.2, 0) is 16.1 Å². The average Bonchev–Trinajstić information content (AvgIpc) is 3.06. The molecule has 1 aromatic carbocycles. The molecule has 164 valence electrons. The number of benzene rings is 1. The lowest BCUT2D eigenvalue weighted by atomic mass is 9.96. The van der Waals surface area contributed by atoms with Gasteiger partial charge >= 0.3 is 0 Å². The topological polar surface area (TPSA) is 118 Å². The Kier molecular flexibility index (Phi) is 5.08. The Bertz CT molecular complexity index is 1130. The molecule has 1 saturated heterocycles. The summed E-state index contributed by atoms with van der Waals surface area (Å²) in [7, 11) is 0. The molecule has 0 spiro atoms. The molecule has 0 radical (unpaired) electrons. The van der Waals surface area contributed by atoms with Crippen molar-refractivity contribution in [3.8, 4) is 5.75 Å². The van der Waals surface area contributed by atoms with Gasteiger partial charge in [0, 0.05) is 30.4 Å². The Morgan fingerprint density at radius 3 is 2.75 bits per heavy atom. The number of aromatic nitrogens is 1. The van der Waals surface area contributed by atoms with E-state index in [1.165, 1.54) is 4.90 Å². The van der Waals surface area contributed by atoms with Gasteiger partial charge in [-0.15, -0.1) is 0 Å². The SMILES string of the molecule is O=C1CC[C@@H](N2Cc3cc(NC(=O)c4ncccc4OC4CCC4)ccc3C2=O)C(=O)N1. The number of carbonyl (C=O) groups is 4. The van der Waals surface area contributed by atoms with Crippen molar-refractivity contribution in [3.63, 3.8) is 0 Å². The third kappa shape index (κ3) is 3.70. The predicted octanol–water partition coefficient (Wildman–Crippen LogP) is 2.03. The number of piperidine rings is 1. The summed E-state index contributed by atoms with van der Waals surface area (Å²) < 4.78 is 5.89. The van der Waals surface area contributed by atoms with Crippen LogP contribution < -0.4 is 15.4 Å². The van der Waals surface area contributed by atoms with E-state index in [0.717, 1.165) is 19.3 Å². The van der Waals surface area contributed by atoms with Crippen LogP contribution in [0.4, 0.5) is 5.69 Å². The van der Waals surface area contributed by atoms with Gasteiger partial charge < -0.3 is 15.0 Å². The minimum Gasteiger partial charge on any atom is -0.488 e. The van der Waals surface area contributed by atoms with Gasteiger partial charge in [-0.2, -0.15) is 0 Å². The molecule has 1 aromatic heterocycles. The Labute approximate surface area is 184 Å². The number of pyridine rings is 1. The summed E-state index contributed by atoms with van der Waals surface area (Å²) in [6.07, 6.45) is 5.23. The van der Waals surface area contributed by atoms with Crippen LogP contribution in [0.15, 0.2) is 36.5 Å². The molecule has 0 unspecified atom stereocenters. The second-order valence-electron chi connectivity index (χ2n) is 8.25. The second-order valence-corrected chi connectivity index (χ2v) is 8.25. The first-order valence-corrected chi connectivity index (χ1v) is 10.7. The fraction of sp³-hybridized carbons (Fsp3) is 0.348. The summed E-state index contributed by atoms with van der Waals surface area (Å²) in [4.78, 5) is 54.9. The van der Waals surface area contributed by atoms with Crippen LogP contribution in [0.2, 0.25) is 0 Å². The molecular weight excluding hydrogens is 412 g/mol. The molecule has 2 aromatic rings. The van der Waals surface area contributed by atoms with E-state index in [1.54, 1.807) is 36.5 Å². The summed E-state index contributed by atoms with van der Waals surface area (Å²) in [5.41, 5.74) is 1.93. The van der Waals surface area contributed by atoms with Gasteiger partial charge in [0.2, 0.25) is 11.8 Å². The number of amides is 4. The van der Waals surface area contributed by atoms with Crippen molar-refractivity contribution >= 4 is 29.3 Å². The number of nitrogens with zero attached hydrogens (tertiary/aromatic N) is 2. The standard InChI is InChI=1S/C23H22N4O5/c28-19-9-8-17(21(29)26-19)27-12-13-11-14(6-7-16(13)23(27)31)25-22(30)20-18(5-2-10-24-20)32-15-3-1-4-15/h2,5-7,10-11,15,17H,1,3-4,8-9,12H2,(H,25,30)(H,26,28,29)/t17-/m1/s1. The van der Waals surface area contributed by atoms with E-state index in [4.69, 9.17) is 4.74 Å². The molecule has 1 aliphatic carbocycles. The summed E-state index contributed by atoms with van der Waals surface area (Å²) >= 11 is 0. The van der Waals surface area contributed by atoms with Gasteiger partial charge in [0.15, 0.2) is 11.4 Å². The Hall–Kier alpha value is -3.75. The van der Waals surface area contributed by atoms with Crippen LogP contribution in [0.25, 0.3) is 0 Å². The summed E-state index contributed by atoms with van der Waals surface area (Å²) in [5.74, 6) is -0.977. The molecule has 9 nitrogen and oxygen atoms in total. The second kappa shape index (κ2) is 8.07. The van der Waals surface area contributed by atoms with Crippen molar-refractivity contribution < 1.29 is 23.9 Å². The summed E-state index contributed by atoms with van der Waals surface area (Å²) in [5, 5.41) is 5.11. The van der Waals surface area contributed by atoms with Crippen LogP contribution in [-0.4, -0.2) is 45.7 Å². The summed E-state index contributed by atoms with van der Waals surface area (Å²) in [6.45, 7) is 0.240. The van der Waals surface area contributed by atoms with Gasteiger partial charge in [0.1, 0.15) is 6.04 Å². The van der Waals surface area contributed by atoms with E-state index in [0.29, 0.717) is 29.0 Å². The minimum atomic E-state index is -0.676. The largest absolute Gasteiger partial charge is 0.488 e. The van der Waals surface area contributed by atoms with Crippen LogP contribution >= 0.6 is 0 Å². The van der Waals surface area contributed by atoms with Crippen molar-refractivity contribution in [2.75, 3.05) is 5.32 Å². The zero-order valence-electron chi connectivity index (χ0n) is 17.3. The number of ether oxygens (including phenoxy) is 1. The van der Waals surface area contributed by atoms with E-state index in [-0.39, 0.29) is 36.6 Å². The van der Waals surface area contributed by atoms with E-state index >= 15 is 0 Å². The normalized spacial score (nSPS) is 20.4. The first kappa shape index (κ1) is 20.2. The lowest BCUT2D eigenvalue weighted by Gasteiger charge is -2.29. The first-order chi connectivity index (χ1) is 15.5. The minimum absolute atomic E-state index is 0.120. The number of imide groups is 1. The van der Waals surface area contributed by atoms with Crippen molar-refractivity contribution in [1.29, 1.82) is 0 Å². The smallest absolute Gasteiger partial charge is 0.278 e. The maximum Gasteiger partial charge on any atom is 0.278 e. The zero-order valence-corrected chi connectivity index (χ0v) is 17.3. The molecule has 2 N–H and O–H groups in total. The van der Waals surface area contributed by atoms with Crippen molar-refractivity contribution in [3.05, 3.63) is 53.3 Å². The molecule has 1 atom stereocenters. The predicted molar refractivity (Wildman–Crippen MR) is 113 cm³/mol. The number of rotatable bonds is 5. The molecule has 5 rings (SSSR count). The van der Waals surface area contributed by atoms with Crippen LogP contribution in [0.1, 0.15) is 58.5 Å². The van der Waals surface area contributed by atoms with E-state index < -0.39 is 17.9 Å². The third-order valence-electron chi connectivity index (χ3n) is 6.11. The van der Waals surface area contributed by atoms with Gasteiger partial charge in [-0.3, -0.25) is 24.5 Å².